The highest BCUT2D eigenvalue weighted by Crippen LogP contribution is 2.31. The van der Waals surface area contributed by atoms with Crippen molar-refractivity contribution < 1.29 is 9.18 Å². The van der Waals surface area contributed by atoms with Gasteiger partial charge < -0.3 is 0 Å². The number of fused-ring (bicyclic) bond motifs is 1. The van der Waals surface area contributed by atoms with E-state index < -0.39 is 17.5 Å². The van der Waals surface area contributed by atoms with Crippen LogP contribution in [0.1, 0.15) is 16.5 Å². The van der Waals surface area contributed by atoms with Gasteiger partial charge in [-0.15, -0.1) is 11.3 Å². The summed E-state index contributed by atoms with van der Waals surface area (Å²) in [6, 6.07) is 11.3. The van der Waals surface area contributed by atoms with E-state index in [1.165, 1.54) is 29.5 Å². The predicted octanol–water partition coefficient (Wildman–Crippen LogP) is 5.16. The summed E-state index contributed by atoms with van der Waals surface area (Å²) in [4.78, 5) is 16.8. The molecule has 0 amide bonds. The number of Topliss-reactive ketones (excluding diaryl/α,β-unsaturated/α-hetero) is 1. The van der Waals surface area contributed by atoms with Crippen molar-refractivity contribution in [3.8, 4) is 6.07 Å². The van der Waals surface area contributed by atoms with E-state index in [0.717, 1.165) is 4.70 Å². The molecule has 0 aliphatic carbocycles. The standard InChI is InChI=1S/C17H9Cl2FN2OS/c18-9-4-5-16-14(6-9)22-17(24-16)11(8-21)15(23)7-10-12(19)2-1-3-13(10)20/h1-6,11H,7H2/t11-/m0/s1. The molecule has 0 saturated heterocycles. The van der Waals surface area contributed by atoms with Gasteiger partial charge in [-0.3, -0.25) is 4.79 Å². The number of benzene rings is 2. The summed E-state index contributed by atoms with van der Waals surface area (Å²) in [6.07, 6.45) is -0.263. The maximum absolute atomic E-state index is 13.8. The van der Waals surface area contributed by atoms with Gasteiger partial charge in [0.15, 0.2) is 11.7 Å². The SMILES string of the molecule is N#C[C@@H](C(=O)Cc1c(F)cccc1Cl)c1nc2cc(Cl)ccc2s1. The molecule has 3 nitrogen and oxygen atoms in total. The molecule has 1 aromatic heterocycles. The lowest BCUT2D eigenvalue weighted by Crippen LogP contribution is -2.14. The van der Waals surface area contributed by atoms with Crippen LogP contribution in [0.25, 0.3) is 10.2 Å². The average molecular weight is 379 g/mol. The number of hydrogen-bond donors (Lipinski definition) is 0. The minimum atomic E-state index is -1.07. The number of rotatable bonds is 4. The third-order valence-electron chi connectivity index (χ3n) is 3.48. The number of nitrogens with zero attached hydrogens (tertiary/aromatic N) is 2. The molecular formula is C17H9Cl2FN2OS. The maximum Gasteiger partial charge on any atom is 0.161 e. The van der Waals surface area contributed by atoms with Crippen LogP contribution in [0, 0.1) is 17.1 Å². The Bertz CT molecular complexity index is 960. The van der Waals surface area contributed by atoms with Gasteiger partial charge in [-0.25, -0.2) is 9.37 Å². The molecule has 0 bridgehead atoms. The van der Waals surface area contributed by atoms with Crippen LogP contribution in [0.2, 0.25) is 10.0 Å². The van der Waals surface area contributed by atoms with Crippen LogP contribution >= 0.6 is 34.5 Å². The van der Waals surface area contributed by atoms with Gasteiger partial charge in [-0.05, 0) is 30.3 Å². The van der Waals surface area contributed by atoms with E-state index in [9.17, 15) is 14.4 Å². The average Bonchev–Trinajstić information content (AvgIpc) is 2.94. The summed E-state index contributed by atoms with van der Waals surface area (Å²) in [5.41, 5.74) is 0.716. The summed E-state index contributed by atoms with van der Waals surface area (Å²) in [6.45, 7) is 0. The van der Waals surface area contributed by atoms with E-state index in [-0.39, 0.29) is 17.0 Å². The highest BCUT2D eigenvalue weighted by molar-refractivity contribution is 7.18. The van der Waals surface area contributed by atoms with Crippen molar-refractivity contribution in [2.75, 3.05) is 0 Å². The largest absolute Gasteiger partial charge is 0.297 e. The van der Waals surface area contributed by atoms with Gasteiger partial charge in [-0.2, -0.15) is 5.26 Å². The Morgan fingerprint density at radius 1 is 1.33 bits per heavy atom. The Balaban J connectivity index is 1.92. The first-order valence-electron chi connectivity index (χ1n) is 6.91. The van der Waals surface area contributed by atoms with Crippen molar-refractivity contribution in [2.45, 2.75) is 12.3 Å². The van der Waals surface area contributed by atoms with Crippen LogP contribution in [-0.2, 0) is 11.2 Å². The molecule has 0 fully saturated rings. The quantitative estimate of drug-likeness (QED) is 0.629. The number of thiazole rings is 1. The zero-order chi connectivity index (χ0) is 17.3. The van der Waals surface area contributed by atoms with Gasteiger partial charge in [0.2, 0.25) is 0 Å². The fraction of sp³-hybridized carbons (Fsp3) is 0.118. The number of ketones is 1. The van der Waals surface area contributed by atoms with Crippen LogP contribution in [0.4, 0.5) is 4.39 Å². The molecule has 2 aromatic carbocycles. The van der Waals surface area contributed by atoms with Crippen LogP contribution in [0.15, 0.2) is 36.4 Å². The second-order valence-corrected chi connectivity index (χ2v) is 6.98. The second kappa shape index (κ2) is 6.86. The van der Waals surface area contributed by atoms with Crippen LogP contribution in [0.5, 0.6) is 0 Å². The summed E-state index contributed by atoms with van der Waals surface area (Å²) in [5, 5.41) is 10.4. The molecular weight excluding hydrogens is 370 g/mol. The minimum Gasteiger partial charge on any atom is -0.297 e. The normalized spacial score (nSPS) is 12.1. The topological polar surface area (TPSA) is 53.8 Å². The van der Waals surface area contributed by atoms with Crippen LogP contribution in [-0.4, -0.2) is 10.8 Å². The lowest BCUT2D eigenvalue weighted by atomic mass is 9.99. The van der Waals surface area contributed by atoms with E-state index in [4.69, 9.17) is 23.2 Å². The van der Waals surface area contributed by atoms with E-state index in [1.807, 2.05) is 6.07 Å². The smallest absolute Gasteiger partial charge is 0.161 e. The van der Waals surface area contributed by atoms with Crippen molar-refractivity contribution in [1.29, 1.82) is 5.26 Å². The molecule has 1 atom stereocenters. The molecule has 0 aliphatic rings. The second-order valence-electron chi connectivity index (χ2n) is 5.07. The Hall–Kier alpha value is -2.00. The molecule has 120 valence electrons. The maximum atomic E-state index is 13.8. The van der Waals surface area contributed by atoms with Gasteiger partial charge >= 0.3 is 0 Å². The summed E-state index contributed by atoms with van der Waals surface area (Å²) < 4.78 is 14.7. The van der Waals surface area contributed by atoms with E-state index >= 15 is 0 Å². The van der Waals surface area contributed by atoms with Gasteiger partial charge in [0.25, 0.3) is 0 Å². The zero-order valence-corrected chi connectivity index (χ0v) is 14.4. The highest BCUT2D eigenvalue weighted by atomic mass is 35.5. The van der Waals surface area contributed by atoms with Crippen molar-refractivity contribution in [3.63, 3.8) is 0 Å². The van der Waals surface area contributed by atoms with Crippen LogP contribution < -0.4 is 0 Å². The van der Waals surface area contributed by atoms with Crippen molar-refractivity contribution >= 4 is 50.5 Å². The molecule has 3 aromatic rings. The molecule has 24 heavy (non-hydrogen) atoms. The highest BCUT2D eigenvalue weighted by Gasteiger charge is 2.25. The first-order chi connectivity index (χ1) is 11.5. The number of hydrogen-bond acceptors (Lipinski definition) is 4. The number of carbonyl (C=O) groups excluding carboxylic acids is 1. The van der Waals surface area contributed by atoms with Crippen molar-refractivity contribution in [3.05, 3.63) is 62.8 Å². The monoisotopic (exact) mass is 378 g/mol. The lowest BCUT2D eigenvalue weighted by Gasteiger charge is -2.07. The Kier molecular flexibility index (Phi) is 4.81. The first-order valence-corrected chi connectivity index (χ1v) is 8.48. The Labute approximate surface area is 151 Å². The molecule has 7 heteroatoms. The van der Waals surface area contributed by atoms with Crippen molar-refractivity contribution in [2.24, 2.45) is 0 Å². The molecule has 0 N–H and O–H groups in total. The zero-order valence-electron chi connectivity index (χ0n) is 12.1. The van der Waals surface area contributed by atoms with Gasteiger partial charge in [0.1, 0.15) is 10.8 Å². The number of nitriles is 1. The Morgan fingerprint density at radius 3 is 2.83 bits per heavy atom. The number of halogens is 3. The fourth-order valence-corrected chi connectivity index (χ4v) is 3.70. The third kappa shape index (κ3) is 3.27. The molecule has 0 radical (unpaired) electrons. The minimum absolute atomic E-state index is 0.0913. The molecule has 0 spiro atoms. The lowest BCUT2D eigenvalue weighted by molar-refractivity contribution is -0.118. The molecule has 0 unspecified atom stereocenters. The fourth-order valence-electron chi connectivity index (χ4n) is 2.28. The van der Waals surface area contributed by atoms with E-state index in [0.29, 0.717) is 15.5 Å². The van der Waals surface area contributed by atoms with E-state index in [2.05, 4.69) is 4.98 Å². The molecule has 1 heterocycles. The predicted molar refractivity (Wildman–Crippen MR) is 93.1 cm³/mol. The number of carbonyl (C=O) groups is 1. The van der Waals surface area contributed by atoms with E-state index in [1.54, 1.807) is 18.2 Å². The van der Waals surface area contributed by atoms with Gasteiger partial charge in [0.05, 0.1) is 16.3 Å². The summed E-state index contributed by atoms with van der Waals surface area (Å²) in [7, 11) is 0. The summed E-state index contributed by atoms with van der Waals surface area (Å²) >= 11 is 13.1. The molecule has 3 rings (SSSR count). The third-order valence-corrected chi connectivity index (χ3v) is 5.17. The van der Waals surface area contributed by atoms with Crippen molar-refractivity contribution in [1.82, 2.24) is 4.98 Å². The van der Waals surface area contributed by atoms with Gasteiger partial charge in [0, 0.05) is 22.0 Å². The van der Waals surface area contributed by atoms with Crippen LogP contribution in [0.3, 0.4) is 0 Å². The molecule has 0 saturated carbocycles. The Morgan fingerprint density at radius 2 is 2.12 bits per heavy atom. The summed E-state index contributed by atoms with van der Waals surface area (Å²) in [5.74, 6) is -2.09. The van der Waals surface area contributed by atoms with Gasteiger partial charge in [-0.1, -0.05) is 29.3 Å². The molecule has 0 aliphatic heterocycles. The first kappa shape index (κ1) is 16.8. The number of aromatic nitrogens is 1.